The maximum absolute atomic E-state index is 5.49. The van der Waals surface area contributed by atoms with Gasteiger partial charge in [0.25, 0.3) is 0 Å². The minimum absolute atomic E-state index is 0.564. The van der Waals surface area contributed by atoms with Crippen molar-refractivity contribution >= 4 is 0 Å². The van der Waals surface area contributed by atoms with E-state index in [0.29, 0.717) is 6.04 Å². The molecule has 1 aliphatic heterocycles. The van der Waals surface area contributed by atoms with E-state index in [-0.39, 0.29) is 0 Å². The van der Waals surface area contributed by atoms with Gasteiger partial charge in [-0.2, -0.15) is 0 Å². The zero-order valence-corrected chi connectivity index (χ0v) is 10.8. The third-order valence-electron chi connectivity index (χ3n) is 2.94. The van der Waals surface area contributed by atoms with E-state index in [1.54, 1.807) is 0 Å². The molecule has 0 bridgehead atoms. The van der Waals surface area contributed by atoms with Crippen molar-refractivity contribution in [2.75, 3.05) is 19.7 Å². The van der Waals surface area contributed by atoms with Crippen LogP contribution >= 0.6 is 0 Å². The average molecular weight is 234 g/mol. The van der Waals surface area contributed by atoms with Crippen LogP contribution in [0.3, 0.4) is 0 Å². The molecule has 0 aromatic heterocycles. The van der Waals surface area contributed by atoms with Crippen molar-refractivity contribution in [2.45, 2.75) is 32.9 Å². The van der Waals surface area contributed by atoms with Crippen molar-refractivity contribution in [1.29, 1.82) is 0 Å². The van der Waals surface area contributed by atoms with Gasteiger partial charge in [-0.3, -0.25) is 0 Å². The smallest absolute Gasteiger partial charge is 0.122 e. The number of hydrogen-bond acceptors (Lipinski definition) is 3. The fraction of sp³-hybridized carbons (Fsp3) is 0.571. The minimum Gasteiger partial charge on any atom is -0.493 e. The molecule has 0 amide bonds. The van der Waals surface area contributed by atoms with Crippen molar-refractivity contribution in [2.24, 2.45) is 0 Å². The number of nitrogens with one attached hydrogen (secondary N) is 2. The molecule has 17 heavy (non-hydrogen) atoms. The van der Waals surface area contributed by atoms with Crippen LogP contribution in [0.25, 0.3) is 0 Å². The van der Waals surface area contributed by atoms with Crippen LogP contribution in [0.2, 0.25) is 0 Å². The molecule has 1 aromatic rings. The first-order chi connectivity index (χ1) is 8.25. The van der Waals surface area contributed by atoms with Crippen LogP contribution in [-0.2, 0) is 13.0 Å². The van der Waals surface area contributed by atoms with Crippen LogP contribution in [-0.4, -0.2) is 25.7 Å². The van der Waals surface area contributed by atoms with Gasteiger partial charge in [0.1, 0.15) is 5.75 Å². The molecule has 0 atom stereocenters. The lowest BCUT2D eigenvalue weighted by atomic mass is 10.1. The van der Waals surface area contributed by atoms with Crippen LogP contribution in [0.5, 0.6) is 5.75 Å². The molecule has 0 aliphatic carbocycles. The second-order valence-corrected chi connectivity index (χ2v) is 4.83. The molecule has 0 fully saturated rings. The highest BCUT2D eigenvalue weighted by molar-refractivity contribution is 5.39. The van der Waals surface area contributed by atoms with Crippen molar-refractivity contribution in [3.63, 3.8) is 0 Å². The first-order valence-electron chi connectivity index (χ1n) is 6.44. The lowest BCUT2D eigenvalue weighted by Gasteiger charge is -2.09. The molecule has 1 aromatic carbocycles. The maximum atomic E-state index is 5.49. The zero-order chi connectivity index (χ0) is 12.1. The van der Waals surface area contributed by atoms with Crippen LogP contribution in [0.4, 0.5) is 0 Å². The van der Waals surface area contributed by atoms with Gasteiger partial charge in [0.05, 0.1) is 6.61 Å². The molecule has 0 saturated carbocycles. The minimum atomic E-state index is 0.564. The highest BCUT2D eigenvalue weighted by atomic mass is 16.5. The molecule has 94 valence electrons. The molecular formula is C14H22N2O. The molecule has 2 N–H and O–H groups in total. The molecule has 3 heteroatoms. The Balaban J connectivity index is 1.72. The van der Waals surface area contributed by atoms with Gasteiger partial charge in [0.15, 0.2) is 0 Å². The normalized spacial score (nSPS) is 13.8. The summed E-state index contributed by atoms with van der Waals surface area (Å²) in [5.74, 6) is 1.07. The summed E-state index contributed by atoms with van der Waals surface area (Å²) in [5.41, 5.74) is 2.70. The Labute approximate surface area is 104 Å². The summed E-state index contributed by atoms with van der Waals surface area (Å²) < 4.78 is 5.49. The van der Waals surface area contributed by atoms with Gasteiger partial charge in [-0.25, -0.2) is 0 Å². The largest absolute Gasteiger partial charge is 0.493 e. The highest BCUT2D eigenvalue weighted by Crippen LogP contribution is 2.25. The summed E-state index contributed by atoms with van der Waals surface area (Å²) in [7, 11) is 0. The van der Waals surface area contributed by atoms with Crippen LogP contribution in [0.1, 0.15) is 25.0 Å². The van der Waals surface area contributed by atoms with E-state index < -0.39 is 0 Å². The van der Waals surface area contributed by atoms with Crippen molar-refractivity contribution in [1.82, 2.24) is 10.6 Å². The molecule has 0 unspecified atom stereocenters. The molecule has 2 rings (SSSR count). The molecule has 0 saturated heterocycles. The van der Waals surface area contributed by atoms with E-state index in [2.05, 4.69) is 42.7 Å². The molecular weight excluding hydrogens is 212 g/mol. The Morgan fingerprint density at radius 2 is 2.18 bits per heavy atom. The number of hydrogen-bond donors (Lipinski definition) is 2. The second-order valence-electron chi connectivity index (χ2n) is 4.83. The first kappa shape index (κ1) is 12.4. The molecule has 0 spiro atoms. The summed E-state index contributed by atoms with van der Waals surface area (Å²) in [5, 5.41) is 6.84. The topological polar surface area (TPSA) is 33.3 Å². The fourth-order valence-electron chi connectivity index (χ4n) is 2.03. The summed E-state index contributed by atoms with van der Waals surface area (Å²) in [6, 6.07) is 7.05. The first-order valence-corrected chi connectivity index (χ1v) is 6.44. The number of benzene rings is 1. The van der Waals surface area contributed by atoms with E-state index in [0.717, 1.165) is 38.4 Å². The number of fused-ring (bicyclic) bond motifs is 1. The SMILES string of the molecule is CC(C)NCCNCc1ccc2c(c1)CCO2. The van der Waals surface area contributed by atoms with Crippen molar-refractivity contribution < 1.29 is 4.74 Å². The standard InChI is InChI=1S/C14H22N2O/c1-11(2)16-7-6-15-10-12-3-4-14-13(9-12)5-8-17-14/h3-4,9,11,15-16H,5-8,10H2,1-2H3. The summed E-state index contributed by atoms with van der Waals surface area (Å²) >= 11 is 0. The Morgan fingerprint density at radius 1 is 1.29 bits per heavy atom. The fourth-order valence-corrected chi connectivity index (χ4v) is 2.03. The van der Waals surface area contributed by atoms with Crippen molar-refractivity contribution in [3.8, 4) is 5.75 Å². The Morgan fingerprint density at radius 3 is 3.00 bits per heavy atom. The van der Waals surface area contributed by atoms with Gasteiger partial charge < -0.3 is 15.4 Å². The monoisotopic (exact) mass is 234 g/mol. The van der Waals surface area contributed by atoms with E-state index in [4.69, 9.17) is 4.74 Å². The van der Waals surface area contributed by atoms with E-state index in [1.165, 1.54) is 11.1 Å². The van der Waals surface area contributed by atoms with Gasteiger partial charge >= 0.3 is 0 Å². The predicted molar refractivity (Wildman–Crippen MR) is 70.5 cm³/mol. The van der Waals surface area contributed by atoms with Crippen molar-refractivity contribution in [3.05, 3.63) is 29.3 Å². The number of rotatable bonds is 6. The Hall–Kier alpha value is -1.06. The Kier molecular flexibility index (Phi) is 4.40. The van der Waals surface area contributed by atoms with Crippen LogP contribution in [0, 0.1) is 0 Å². The molecule has 3 nitrogen and oxygen atoms in total. The van der Waals surface area contributed by atoms with E-state index >= 15 is 0 Å². The summed E-state index contributed by atoms with van der Waals surface area (Å²) in [4.78, 5) is 0. The summed E-state index contributed by atoms with van der Waals surface area (Å²) in [6.07, 6.45) is 1.05. The maximum Gasteiger partial charge on any atom is 0.122 e. The van der Waals surface area contributed by atoms with Gasteiger partial charge in [-0.05, 0) is 17.2 Å². The lowest BCUT2D eigenvalue weighted by molar-refractivity contribution is 0.357. The lowest BCUT2D eigenvalue weighted by Crippen LogP contribution is -2.31. The number of ether oxygens (including phenoxy) is 1. The summed E-state index contributed by atoms with van der Waals surface area (Å²) in [6.45, 7) is 8.13. The van der Waals surface area contributed by atoms with Crippen LogP contribution in [0.15, 0.2) is 18.2 Å². The van der Waals surface area contributed by atoms with Gasteiger partial charge in [0.2, 0.25) is 0 Å². The van der Waals surface area contributed by atoms with E-state index in [1.807, 2.05) is 0 Å². The predicted octanol–water partition coefficient (Wildman–Crippen LogP) is 1.71. The van der Waals surface area contributed by atoms with Gasteiger partial charge in [-0.15, -0.1) is 0 Å². The average Bonchev–Trinajstić information content (AvgIpc) is 2.75. The third-order valence-corrected chi connectivity index (χ3v) is 2.94. The second kappa shape index (κ2) is 6.03. The quantitative estimate of drug-likeness (QED) is 0.735. The molecule has 1 heterocycles. The van der Waals surface area contributed by atoms with E-state index in [9.17, 15) is 0 Å². The zero-order valence-electron chi connectivity index (χ0n) is 10.8. The Bertz CT molecular complexity index is 363. The van der Waals surface area contributed by atoms with Gasteiger partial charge in [-0.1, -0.05) is 26.0 Å². The molecule has 1 aliphatic rings. The highest BCUT2D eigenvalue weighted by Gasteiger charge is 2.11. The van der Waals surface area contributed by atoms with Crippen LogP contribution < -0.4 is 15.4 Å². The molecule has 0 radical (unpaired) electrons. The van der Waals surface area contributed by atoms with Gasteiger partial charge in [0, 0.05) is 32.1 Å². The third kappa shape index (κ3) is 3.72.